The van der Waals surface area contributed by atoms with Crippen molar-refractivity contribution in [1.29, 1.82) is 0 Å². The Kier molecular flexibility index (Phi) is 5.79. The van der Waals surface area contributed by atoms with Crippen molar-refractivity contribution in [3.8, 4) is 0 Å². The highest BCUT2D eigenvalue weighted by atomic mass is 16.3. The van der Waals surface area contributed by atoms with E-state index in [1.165, 1.54) is 40.7 Å². The zero-order valence-corrected chi connectivity index (χ0v) is 20.3. The van der Waals surface area contributed by atoms with Crippen molar-refractivity contribution in [3.63, 3.8) is 0 Å². The third-order valence-corrected chi connectivity index (χ3v) is 7.18. The standard InChI is InChI=1S/C29H35NO2/c1-7-20-8-10-22(11-9-20)30-27(31)26-13-12-23(32-26)17-21-18-25-24(16-19(21)2)28(3,4)14-15-29(25,5)6/h8-13,16,18H,7,14-15,17H2,1-6H3,(H,30,31). The molecule has 0 bridgehead atoms. The van der Waals surface area contributed by atoms with Gasteiger partial charge in [0.2, 0.25) is 0 Å². The van der Waals surface area contributed by atoms with Crippen LogP contribution < -0.4 is 5.32 Å². The van der Waals surface area contributed by atoms with Gasteiger partial charge >= 0.3 is 0 Å². The van der Waals surface area contributed by atoms with Crippen LogP contribution in [-0.4, -0.2) is 5.91 Å². The summed E-state index contributed by atoms with van der Waals surface area (Å²) in [6, 6.07) is 16.4. The molecule has 2 aromatic carbocycles. The van der Waals surface area contributed by atoms with Crippen LogP contribution in [0, 0.1) is 6.92 Å². The zero-order chi connectivity index (χ0) is 23.1. The molecule has 168 valence electrons. The van der Waals surface area contributed by atoms with Gasteiger partial charge in [0.1, 0.15) is 5.76 Å². The number of hydrogen-bond donors (Lipinski definition) is 1. The summed E-state index contributed by atoms with van der Waals surface area (Å²) in [5.74, 6) is 0.939. The highest BCUT2D eigenvalue weighted by molar-refractivity contribution is 6.02. The molecule has 0 saturated heterocycles. The minimum atomic E-state index is -0.217. The second kappa shape index (κ2) is 8.27. The van der Waals surface area contributed by atoms with E-state index in [-0.39, 0.29) is 16.7 Å². The van der Waals surface area contributed by atoms with Gasteiger partial charge < -0.3 is 9.73 Å². The third-order valence-electron chi connectivity index (χ3n) is 7.18. The van der Waals surface area contributed by atoms with Gasteiger partial charge in [-0.1, -0.05) is 58.9 Å². The van der Waals surface area contributed by atoms with Gasteiger partial charge in [-0.15, -0.1) is 0 Å². The average Bonchev–Trinajstić information content (AvgIpc) is 3.22. The van der Waals surface area contributed by atoms with Crippen molar-refractivity contribution in [1.82, 2.24) is 0 Å². The Hall–Kier alpha value is -2.81. The second-order valence-electron chi connectivity index (χ2n) is 10.5. The van der Waals surface area contributed by atoms with Crippen molar-refractivity contribution >= 4 is 11.6 Å². The minimum absolute atomic E-state index is 0.175. The van der Waals surface area contributed by atoms with Gasteiger partial charge in [-0.2, -0.15) is 0 Å². The molecule has 0 atom stereocenters. The Morgan fingerprint density at radius 1 is 0.938 bits per heavy atom. The fourth-order valence-electron chi connectivity index (χ4n) is 4.76. The Bertz CT molecular complexity index is 1130. The number of hydrogen-bond acceptors (Lipinski definition) is 2. The van der Waals surface area contributed by atoms with Crippen LogP contribution in [0.4, 0.5) is 5.69 Å². The molecule has 1 amide bonds. The lowest BCUT2D eigenvalue weighted by atomic mass is 9.62. The van der Waals surface area contributed by atoms with E-state index in [0.717, 1.165) is 17.9 Å². The van der Waals surface area contributed by atoms with Gasteiger partial charge in [-0.05, 0) is 89.1 Å². The molecule has 32 heavy (non-hydrogen) atoms. The van der Waals surface area contributed by atoms with Gasteiger partial charge in [-0.3, -0.25) is 4.79 Å². The Morgan fingerprint density at radius 2 is 1.56 bits per heavy atom. The quantitative estimate of drug-likeness (QED) is 0.461. The number of fused-ring (bicyclic) bond motifs is 1. The number of carbonyl (C=O) groups is 1. The fourth-order valence-corrected chi connectivity index (χ4v) is 4.76. The molecule has 1 N–H and O–H groups in total. The molecule has 0 aliphatic heterocycles. The summed E-state index contributed by atoms with van der Waals surface area (Å²) in [4.78, 5) is 12.6. The monoisotopic (exact) mass is 429 g/mol. The number of furan rings is 1. The van der Waals surface area contributed by atoms with Crippen LogP contribution in [-0.2, 0) is 23.7 Å². The topological polar surface area (TPSA) is 42.2 Å². The number of nitrogens with one attached hydrogen (secondary N) is 1. The highest BCUT2D eigenvalue weighted by Gasteiger charge is 2.37. The number of carbonyl (C=O) groups excluding carboxylic acids is 1. The minimum Gasteiger partial charge on any atom is -0.456 e. The third kappa shape index (κ3) is 4.39. The van der Waals surface area contributed by atoms with Gasteiger partial charge in [0.15, 0.2) is 5.76 Å². The van der Waals surface area contributed by atoms with Crippen molar-refractivity contribution in [2.75, 3.05) is 5.32 Å². The molecule has 1 heterocycles. The van der Waals surface area contributed by atoms with E-state index < -0.39 is 0 Å². The van der Waals surface area contributed by atoms with E-state index >= 15 is 0 Å². The molecule has 1 aliphatic rings. The lowest BCUT2D eigenvalue weighted by Crippen LogP contribution is -2.34. The molecule has 0 unspecified atom stereocenters. The van der Waals surface area contributed by atoms with Gasteiger partial charge in [-0.25, -0.2) is 0 Å². The molecule has 0 spiro atoms. The molecule has 0 saturated carbocycles. The smallest absolute Gasteiger partial charge is 0.291 e. The number of aryl methyl sites for hydroxylation is 2. The first-order valence-corrected chi connectivity index (χ1v) is 11.7. The van der Waals surface area contributed by atoms with Crippen LogP contribution in [0.2, 0.25) is 0 Å². The maximum absolute atomic E-state index is 12.6. The average molecular weight is 430 g/mol. The van der Waals surface area contributed by atoms with Crippen molar-refractivity contribution in [3.05, 3.63) is 87.9 Å². The summed E-state index contributed by atoms with van der Waals surface area (Å²) < 4.78 is 5.95. The van der Waals surface area contributed by atoms with Crippen LogP contribution in [0.15, 0.2) is 52.9 Å². The molecule has 4 rings (SSSR count). The fraction of sp³-hybridized carbons (Fsp3) is 0.414. The van der Waals surface area contributed by atoms with E-state index in [2.05, 4.69) is 59.0 Å². The first-order chi connectivity index (χ1) is 15.1. The summed E-state index contributed by atoms with van der Waals surface area (Å²) in [6.07, 6.45) is 4.07. The van der Waals surface area contributed by atoms with E-state index in [0.29, 0.717) is 12.2 Å². The molecule has 0 radical (unpaired) electrons. The Morgan fingerprint density at radius 3 is 2.19 bits per heavy atom. The lowest BCUT2D eigenvalue weighted by Gasteiger charge is -2.42. The van der Waals surface area contributed by atoms with Gasteiger partial charge in [0.25, 0.3) is 5.91 Å². The number of rotatable bonds is 5. The molecule has 0 fully saturated rings. The first-order valence-electron chi connectivity index (χ1n) is 11.7. The van der Waals surface area contributed by atoms with Crippen molar-refractivity contribution in [2.45, 2.75) is 78.1 Å². The van der Waals surface area contributed by atoms with Crippen molar-refractivity contribution in [2.24, 2.45) is 0 Å². The molecule has 1 aromatic heterocycles. The van der Waals surface area contributed by atoms with Crippen LogP contribution in [0.3, 0.4) is 0 Å². The molecule has 3 nitrogen and oxygen atoms in total. The Labute approximate surface area is 192 Å². The predicted octanol–water partition coefficient (Wildman–Crippen LogP) is 7.34. The van der Waals surface area contributed by atoms with Gasteiger partial charge in [0.05, 0.1) is 0 Å². The summed E-state index contributed by atoms with van der Waals surface area (Å²) >= 11 is 0. The lowest BCUT2D eigenvalue weighted by molar-refractivity contribution is 0.0995. The van der Waals surface area contributed by atoms with Crippen molar-refractivity contribution < 1.29 is 9.21 Å². The molecular formula is C29H35NO2. The normalized spacial score (nSPS) is 16.4. The van der Waals surface area contributed by atoms with Crippen LogP contribution >= 0.6 is 0 Å². The number of benzene rings is 2. The number of amides is 1. The zero-order valence-electron chi connectivity index (χ0n) is 20.3. The number of anilines is 1. The van der Waals surface area contributed by atoms with E-state index in [4.69, 9.17) is 4.42 Å². The second-order valence-corrected chi connectivity index (χ2v) is 10.5. The molecular weight excluding hydrogens is 394 g/mol. The molecule has 3 heteroatoms. The predicted molar refractivity (Wildman–Crippen MR) is 132 cm³/mol. The Balaban J connectivity index is 1.54. The summed E-state index contributed by atoms with van der Waals surface area (Å²) in [7, 11) is 0. The summed E-state index contributed by atoms with van der Waals surface area (Å²) in [5, 5.41) is 2.93. The van der Waals surface area contributed by atoms with E-state index in [9.17, 15) is 4.79 Å². The highest BCUT2D eigenvalue weighted by Crippen LogP contribution is 2.46. The van der Waals surface area contributed by atoms with Crippen LogP contribution in [0.25, 0.3) is 0 Å². The first kappa shape index (κ1) is 22.4. The van der Waals surface area contributed by atoms with Gasteiger partial charge in [0, 0.05) is 12.1 Å². The maximum atomic E-state index is 12.6. The SMILES string of the molecule is CCc1ccc(NC(=O)c2ccc(Cc3cc4c(cc3C)C(C)(C)CCC4(C)C)o2)cc1. The van der Waals surface area contributed by atoms with E-state index in [1.807, 2.05) is 30.3 Å². The van der Waals surface area contributed by atoms with Crippen LogP contribution in [0.1, 0.15) is 91.6 Å². The van der Waals surface area contributed by atoms with Crippen LogP contribution in [0.5, 0.6) is 0 Å². The van der Waals surface area contributed by atoms with E-state index in [1.54, 1.807) is 6.07 Å². The molecule has 3 aromatic rings. The largest absolute Gasteiger partial charge is 0.456 e. The molecule has 1 aliphatic carbocycles. The maximum Gasteiger partial charge on any atom is 0.291 e. The summed E-state index contributed by atoms with van der Waals surface area (Å²) in [6.45, 7) is 13.7. The summed E-state index contributed by atoms with van der Waals surface area (Å²) in [5.41, 5.74) is 7.89.